The number of nitrogens with zero attached hydrogens (tertiary/aromatic N) is 3. The lowest BCUT2D eigenvalue weighted by atomic mass is 10.2. The Hall–Kier alpha value is -1.75. The van der Waals surface area contributed by atoms with Crippen LogP contribution in [0.15, 0.2) is 24.7 Å². The highest BCUT2D eigenvalue weighted by Gasteiger charge is 2.08. The third-order valence-electron chi connectivity index (χ3n) is 2.18. The molecule has 15 heavy (non-hydrogen) atoms. The number of imidazole rings is 1. The standard InChI is InChI=1S/C10H11FN4/c1-7-13-2-3-15(7)10-8(5-12)4-9(11)6-14-10/h2-4,6H,5,12H2,1H3. The summed E-state index contributed by atoms with van der Waals surface area (Å²) in [5.41, 5.74) is 6.20. The van der Waals surface area contributed by atoms with Gasteiger partial charge in [-0.2, -0.15) is 0 Å². The molecule has 0 saturated heterocycles. The van der Waals surface area contributed by atoms with E-state index in [-0.39, 0.29) is 12.4 Å². The van der Waals surface area contributed by atoms with Crippen LogP contribution in [0.4, 0.5) is 4.39 Å². The predicted octanol–water partition coefficient (Wildman–Crippen LogP) is 1.17. The van der Waals surface area contributed by atoms with Crippen molar-refractivity contribution in [2.75, 3.05) is 0 Å². The maximum absolute atomic E-state index is 12.9. The molecule has 2 aromatic heterocycles. The van der Waals surface area contributed by atoms with Gasteiger partial charge in [0.25, 0.3) is 0 Å². The van der Waals surface area contributed by atoms with Crippen LogP contribution in [0.1, 0.15) is 11.4 Å². The number of hydrogen-bond acceptors (Lipinski definition) is 3. The monoisotopic (exact) mass is 206 g/mol. The van der Waals surface area contributed by atoms with E-state index in [1.54, 1.807) is 17.0 Å². The molecule has 0 radical (unpaired) electrons. The van der Waals surface area contributed by atoms with Gasteiger partial charge in [-0.25, -0.2) is 14.4 Å². The third kappa shape index (κ3) is 1.73. The van der Waals surface area contributed by atoms with E-state index in [0.29, 0.717) is 11.4 Å². The van der Waals surface area contributed by atoms with Crippen molar-refractivity contribution in [2.45, 2.75) is 13.5 Å². The maximum Gasteiger partial charge on any atom is 0.142 e. The van der Waals surface area contributed by atoms with E-state index in [0.717, 1.165) is 5.82 Å². The Morgan fingerprint density at radius 1 is 1.47 bits per heavy atom. The third-order valence-corrected chi connectivity index (χ3v) is 2.18. The minimum atomic E-state index is -0.378. The van der Waals surface area contributed by atoms with Crippen LogP contribution in [0, 0.1) is 12.7 Å². The van der Waals surface area contributed by atoms with E-state index < -0.39 is 0 Å². The molecule has 0 atom stereocenters. The number of nitrogens with two attached hydrogens (primary N) is 1. The highest BCUT2D eigenvalue weighted by Crippen LogP contribution is 2.13. The zero-order valence-corrected chi connectivity index (χ0v) is 8.31. The molecule has 0 amide bonds. The van der Waals surface area contributed by atoms with Crippen molar-refractivity contribution in [3.63, 3.8) is 0 Å². The molecule has 2 rings (SSSR count). The van der Waals surface area contributed by atoms with Crippen LogP contribution in [-0.2, 0) is 6.54 Å². The van der Waals surface area contributed by atoms with Gasteiger partial charge in [-0.1, -0.05) is 0 Å². The number of aryl methyl sites for hydroxylation is 1. The Balaban J connectivity index is 2.58. The normalized spacial score (nSPS) is 10.6. The molecule has 0 spiro atoms. The molecule has 78 valence electrons. The Bertz CT molecular complexity index is 478. The smallest absolute Gasteiger partial charge is 0.142 e. The van der Waals surface area contributed by atoms with E-state index >= 15 is 0 Å². The van der Waals surface area contributed by atoms with Gasteiger partial charge < -0.3 is 5.73 Å². The minimum Gasteiger partial charge on any atom is -0.326 e. The largest absolute Gasteiger partial charge is 0.326 e. The zero-order valence-electron chi connectivity index (χ0n) is 8.31. The van der Waals surface area contributed by atoms with Crippen molar-refractivity contribution in [1.82, 2.24) is 14.5 Å². The first-order chi connectivity index (χ1) is 7.22. The van der Waals surface area contributed by atoms with Crippen LogP contribution in [0.25, 0.3) is 5.82 Å². The summed E-state index contributed by atoms with van der Waals surface area (Å²) in [6, 6.07) is 1.39. The molecule has 5 heteroatoms. The second-order valence-electron chi connectivity index (χ2n) is 3.18. The van der Waals surface area contributed by atoms with Gasteiger partial charge in [0, 0.05) is 24.5 Å². The van der Waals surface area contributed by atoms with E-state index in [9.17, 15) is 4.39 Å². The maximum atomic E-state index is 12.9. The van der Waals surface area contributed by atoms with E-state index in [2.05, 4.69) is 9.97 Å². The van der Waals surface area contributed by atoms with Crippen molar-refractivity contribution in [3.05, 3.63) is 41.9 Å². The fraction of sp³-hybridized carbons (Fsp3) is 0.200. The second kappa shape index (κ2) is 3.78. The quantitative estimate of drug-likeness (QED) is 0.802. The highest BCUT2D eigenvalue weighted by atomic mass is 19.1. The molecule has 0 fully saturated rings. The van der Waals surface area contributed by atoms with E-state index in [4.69, 9.17) is 5.73 Å². The van der Waals surface area contributed by atoms with Crippen molar-refractivity contribution in [2.24, 2.45) is 5.73 Å². The fourth-order valence-corrected chi connectivity index (χ4v) is 1.44. The van der Waals surface area contributed by atoms with Crippen molar-refractivity contribution >= 4 is 0 Å². The summed E-state index contributed by atoms with van der Waals surface area (Å²) in [5.74, 6) is 1.05. The Morgan fingerprint density at radius 2 is 2.27 bits per heavy atom. The summed E-state index contributed by atoms with van der Waals surface area (Å²) in [6.45, 7) is 2.10. The number of halogens is 1. The van der Waals surface area contributed by atoms with Gasteiger partial charge in [0.1, 0.15) is 17.5 Å². The van der Waals surface area contributed by atoms with Crippen molar-refractivity contribution < 1.29 is 4.39 Å². The number of hydrogen-bond donors (Lipinski definition) is 1. The highest BCUT2D eigenvalue weighted by molar-refractivity contribution is 5.34. The molecule has 0 aliphatic heterocycles. The summed E-state index contributed by atoms with van der Waals surface area (Å²) >= 11 is 0. The first kappa shape index (κ1) is 9.79. The summed E-state index contributed by atoms with van der Waals surface area (Å²) in [6.07, 6.45) is 4.61. The summed E-state index contributed by atoms with van der Waals surface area (Å²) in [5, 5.41) is 0. The van der Waals surface area contributed by atoms with Crippen LogP contribution in [0.5, 0.6) is 0 Å². The van der Waals surface area contributed by atoms with Crippen molar-refractivity contribution in [1.29, 1.82) is 0 Å². The number of aromatic nitrogens is 3. The average Bonchev–Trinajstić information content (AvgIpc) is 2.64. The molecular weight excluding hydrogens is 195 g/mol. The molecule has 0 bridgehead atoms. The topological polar surface area (TPSA) is 56.7 Å². The molecule has 0 aliphatic rings. The van der Waals surface area contributed by atoms with E-state index in [1.807, 2.05) is 6.92 Å². The molecule has 0 aliphatic carbocycles. The first-order valence-corrected chi connectivity index (χ1v) is 4.57. The first-order valence-electron chi connectivity index (χ1n) is 4.57. The van der Waals surface area contributed by atoms with Gasteiger partial charge in [-0.05, 0) is 13.0 Å². The summed E-state index contributed by atoms with van der Waals surface area (Å²) in [4.78, 5) is 8.10. The summed E-state index contributed by atoms with van der Waals surface area (Å²) < 4.78 is 14.7. The van der Waals surface area contributed by atoms with Crippen LogP contribution in [0.2, 0.25) is 0 Å². The van der Waals surface area contributed by atoms with Crippen molar-refractivity contribution in [3.8, 4) is 5.82 Å². The number of pyridine rings is 1. The average molecular weight is 206 g/mol. The molecule has 0 saturated carbocycles. The molecule has 2 aromatic rings. The van der Waals surface area contributed by atoms with Gasteiger partial charge in [0.15, 0.2) is 0 Å². The lowest BCUT2D eigenvalue weighted by Gasteiger charge is -2.08. The van der Waals surface area contributed by atoms with Crippen LogP contribution >= 0.6 is 0 Å². The van der Waals surface area contributed by atoms with Crippen LogP contribution in [0.3, 0.4) is 0 Å². The fourth-order valence-electron chi connectivity index (χ4n) is 1.44. The minimum absolute atomic E-state index is 0.248. The molecular formula is C10H11FN4. The zero-order chi connectivity index (χ0) is 10.8. The van der Waals surface area contributed by atoms with Crippen LogP contribution in [-0.4, -0.2) is 14.5 Å². The van der Waals surface area contributed by atoms with Gasteiger partial charge in [-0.15, -0.1) is 0 Å². The Kier molecular flexibility index (Phi) is 2.47. The van der Waals surface area contributed by atoms with Gasteiger partial charge >= 0.3 is 0 Å². The molecule has 0 aromatic carbocycles. The lowest BCUT2D eigenvalue weighted by Crippen LogP contribution is -2.08. The molecule has 0 unspecified atom stereocenters. The van der Waals surface area contributed by atoms with E-state index in [1.165, 1.54) is 12.3 Å². The van der Waals surface area contributed by atoms with Gasteiger partial charge in [0.05, 0.1) is 6.20 Å². The second-order valence-corrected chi connectivity index (χ2v) is 3.18. The summed E-state index contributed by atoms with van der Waals surface area (Å²) in [7, 11) is 0. The Labute approximate surface area is 86.6 Å². The van der Waals surface area contributed by atoms with Gasteiger partial charge in [-0.3, -0.25) is 4.57 Å². The molecule has 2 heterocycles. The SMILES string of the molecule is Cc1nccn1-c1ncc(F)cc1CN. The van der Waals surface area contributed by atoms with Crippen LogP contribution < -0.4 is 5.73 Å². The predicted molar refractivity (Wildman–Crippen MR) is 53.9 cm³/mol. The number of rotatable bonds is 2. The Morgan fingerprint density at radius 3 is 2.87 bits per heavy atom. The molecule has 2 N–H and O–H groups in total. The van der Waals surface area contributed by atoms with Gasteiger partial charge in [0.2, 0.25) is 0 Å². The lowest BCUT2D eigenvalue weighted by molar-refractivity contribution is 0.616. The molecule has 4 nitrogen and oxygen atoms in total.